The molecule has 21 heavy (non-hydrogen) atoms. The van der Waals surface area contributed by atoms with Crippen LogP contribution in [0.1, 0.15) is 12.0 Å². The van der Waals surface area contributed by atoms with Crippen LogP contribution in [0.15, 0.2) is 24.3 Å². The summed E-state index contributed by atoms with van der Waals surface area (Å²) < 4.78 is 4.72. The molecule has 0 aliphatic carbocycles. The summed E-state index contributed by atoms with van der Waals surface area (Å²) in [5.74, 6) is 0.896. The summed E-state index contributed by atoms with van der Waals surface area (Å²) in [5, 5.41) is 0.714. The van der Waals surface area contributed by atoms with Crippen LogP contribution >= 0.6 is 23.4 Å². The second-order valence-corrected chi connectivity index (χ2v) is 6.39. The Bertz CT molecular complexity index is 506. The average Bonchev–Trinajstić information content (AvgIpc) is 2.98. The standard InChI is InChI=1S/C15H18ClNO3S/c1-20-15(19)12-6-7-17(8-12)14(18)10-21-9-11-2-4-13(16)5-3-11/h2-5,12H,6-10H2,1H3. The quantitative estimate of drug-likeness (QED) is 0.780. The number of nitrogens with zero attached hydrogens (tertiary/aromatic N) is 1. The molecule has 6 heteroatoms. The topological polar surface area (TPSA) is 46.6 Å². The van der Waals surface area contributed by atoms with Crippen LogP contribution in [-0.4, -0.2) is 42.7 Å². The van der Waals surface area contributed by atoms with E-state index >= 15 is 0 Å². The molecule has 1 heterocycles. The highest BCUT2D eigenvalue weighted by molar-refractivity contribution is 7.99. The summed E-state index contributed by atoms with van der Waals surface area (Å²) in [6.07, 6.45) is 0.695. The van der Waals surface area contributed by atoms with E-state index in [1.807, 2.05) is 24.3 Å². The number of methoxy groups -OCH3 is 1. The zero-order valence-electron chi connectivity index (χ0n) is 11.9. The van der Waals surface area contributed by atoms with E-state index in [1.54, 1.807) is 16.7 Å². The van der Waals surface area contributed by atoms with Gasteiger partial charge in [0.1, 0.15) is 0 Å². The molecule has 1 atom stereocenters. The second-order valence-electron chi connectivity index (χ2n) is 4.97. The Morgan fingerprint density at radius 2 is 2.10 bits per heavy atom. The van der Waals surface area contributed by atoms with Crippen LogP contribution in [0.5, 0.6) is 0 Å². The van der Waals surface area contributed by atoms with Crippen LogP contribution in [0.3, 0.4) is 0 Å². The number of carbonyl (C=O) groups is 2. The molecule has 0 spiro atoms. The molecule has 0 saturated carbocycles. The van der Waals surface area contributed by atoms with Gasteiger partial charge in [0.25, 0.3) is 0 Å². The van der Waals surface area contributed by atoms with Gasteiger partial charge in [-0.1, -0.05) is 23.7 Å². The maximum Gasteiger partial charge on any atom is 0.310 e. The largest absolute Gasteiger partial charge is 0.469 e. The van der Waals surface area contributed by atoms with Crippen LogP contribution in [0.4, 0.5) is 0 Å². The smallest absolute Gasteiger partial charge is 0.310 e. The van der Waals surface area contributed by atoms with Crippen molar-refractivity contribution in [2.24, 2.45) is 5.92 Å². The van der Waals surface area contributed by atoms with Gasteiger partial charge in [-0.15, -0.1) is 11.8 Å². The molecular formula is C15H18ClNO3S. The predicted molar refractivity (Wildman–Crippen MR) is 84.3 cm³/mol. The number of amides is 1. The highest BCUT2D eigenvalue weighted by Crippen LogP contribution is 2.20. The number of rotatable bonds is 5. The fourth-order valence-electron chi connectivity index (χ4n) is 2.27. The molecule has 1 aromatic carbocycles. The van der Waals surface area contributed by atoms with Gasteiger partial charge in [0.15, 0.2) is 0 Å². The van der Waals surface area contributed by atoms with E-state index in [4.69, 9.17) is 16.3 Å². The minimum Gasteiger partial charge on any atom is -0.469 e. The summed E-state index contributed by atoms with van der Waals surface area (Å²) in [6.45, 7) is 1.12. The Morgan fingerprint density at radius 3 is 2.76 bits per heavy atom. The van der Waals surface area contributed by atoms with E-state index < -0.39 is 0 Å². The van der Waals surface area contributed by atoms with Crippen molar-refractivity contribution in [1.82, 2.24) is 4.90 Å². The van der Waals surface area contributed by atoms with Crippen molar-refractivity contribution >= 4 is 35.2 Å². The lowest BCUT2D eigenvalue weighted by atomic mass is 10.1. The number of ether oxygens (including phenoxy) is 1. The van der Waals surface area contributed by atoms with Crippen LogP contribution in [-0.2, 0) is 20.1 Å². The van der Waals surface area contributed by atoms with Crippen LogP contribution in [0.25, 0.3) is 0 Å². The summed E-state index contributed by atoms with van der Waals surface area (Å²) in [5.41, 5.74) is 1.14. The molecule has 1 saturated heterocycles. The van der Waals surface area contributed by atoms with E-state index in [0.29, 0.717) is 30.3 Å². The van der Waals surface area contributed by atoms with Crippen molar-refractivity contribution in [3.05, 3.63) is 34.9 Å². The molecule has 1 aliphatic rings. The number of carbonyl (C=O) groups excluding carboxylic acids is 2. The molecule has 1 aromatic rings. The number of halogens is 1. The zero-order chi connectivity index (χ0) is 15.2. The van der Waals surface area contributed by atoms with Gasteiger partial charge in [-0.2, -0.15) is 0 Å². The molecule has 1 fully saturated rings. The molecule has 0 aromatic heterocycles. The molecule has 0 radical (unpaired) electrons. The Balaban J connectivity index is 1.73. The first-order valence-electron chi connectivity index (χ1n) is 6.78. The van der Waals surface area contributed by atoms with Gasteiger partial charge in [-0.25, -0.2) is 0 Å². The van der Waals surface area contributed by atoms with Gasteiger partial charge < -0.3 is 9.64 Å². The Hall–Kier alpha value is -1.20. The Labute approximate surface area is 133 Å². The minimum absolute atomic E-state index is 0.0837. The summed E-state index contributed by atoms with van der Waals surface area (Å²) in [4.78, 5) is 25.3. The Kier molecular flexibility index (Phi) is 5.94. The number of hydrogen-bond acceptors (Lipinski definition) is 4. The van der Waals surface area contributed by atoms with E-state index in [2.05, 4.69) is 0 Å². The van der Waals surface area contributed by atoms with E-state index in [-0.39, 0.29) is 17.8 Å². The summed E-state index contributed by atoms with van der Waals surface area (Å²) in [7, 11) is 1.38. The molecular weight excluding hydrogens is 310 g/mol. The third-order valence-corrected chi connectivity index (χ3v) is 4.72. The van der Waals surface area contributed by atoms with Gasteiger partial charge in [-0.05, 0) is 24.1 Å². The van der Waals surface area contributed by atoms with Crippen molar-refractivity contribution in [1.29, 1.82) is 0 Å². The van der Waals surface area contributed by atoms with E-state index in [9.17, 15) is 9.59 Å². The monoisotopic (exact) mass is 327 g/mol. The predicted octanol–water partition coefficient (Wildman–Crippen LogP) is 2.59. The molecule has 4 nitrogen and oxygen atoms in total. The summed E-state index contributed by atoms with van der Waals surface area (Å²) in [6, 6.07) is 7.62. The van der Waals surface area contributed by atoms with Crippen molar-refractivity contribution in [3.63, 3.8) is 0 Å². The van der Waals surface area contributed by atoms with Crippen LogP contribution in [0, 0.1) is 5.92 Å². The maximum absolute atomic E-state index is 12.1. The second kappa shape index (κ2) is 7.71. The fourth-order valence-corrected chi connectivity index (χ4v) is 3.29. The third-order valence-electron chi connectivity index (χ3n) is 3.48. The molecule has 0 N–H and O–H groups in total. The molecule has 1 unspecified atom stereocenters. The van der Waals surface area contributed by atoms with Gasteiger partial charge in [0.05, 0.1) is 18.8 Å². The first-order chi connectivity index (χ1) is 10.1. The number of hydrogen-bond donors (Lipinski definition) is 0. The molecule has 0 bridgehead atoms. The zero-order valence-corrected chi connectivity index (χ0v) is 13.5. The van der Waals surface area contributed by atoms with Crippen molar-refractivity contribution in [2.75, 3.05) is 26.0 Å². The van der Waals surface area contributed by atoms with E-state index in [1.165, 1.54) is 7.11 Å². The third kappa shape index (κ3) is 4.64. The van der Waals surface area contributed by atoms with Crippen LogP contribution in [0.2, 0.25) is 5.02 Å². The van der Waals surface area contributed by atoms with Gasteiger partial charge in [0.2, 0.25) is 5.91 Å². The van der Waals surface area contributed by atoms with Gasteiger partial charge in [0, 0.05) is 23.9 Å². The van der Waals surface area contributed by atoms with Gasteiger partial charge in [-0.3, -0.25) is 9.59 Å². The lowest BCUT2D eigenvalue weighted by Gasteiger charge is -2.15. The first kappa shape index (κ1) is 16.2. The lowest BCUT2D eigenvalue weighted by molar-refractivity contribution is -0.145. The Morgan fingerprint density at radius 1 is 1.38 bits per heavy atom. The first-order valence-corrected chi connectivity index (χ1v) is 8.31. The number of esters is 1. The van der Waals surface area contributed by atoms with Crippen LogP contribution < -0.4 is 0 Å². The molecule has 1 amide bonds. The minimum atomic E-state index is -0.223. The summed E-state index contributed by atoms with van der Waals surface area (Å²) >= 11 is 7.40. The molecule has 1 aliphatic heterocycles. The highest BCUT2D eigenvalue weighted by Gasteiger charge is 2.31. The maximum atomic E-state index is 12.1. The van der Waals surface area contributed by atoms with Gasteiger partial charge >= 0.3 is 5.97 Å². The number of benzene rings is 1. The normalized spacial score (nSPS) is 17.8. The van der Waals surface area contributed by atoms with E-state index in [0.717, 1.165) is 11.3 Å². The fraction of sp³-hybridized carbons (Fsp3) is 0.467. The lowest BCUT2D eigenvalue weighted by Crippen LogP contribution is -2.31. The molecule has 2 rings (SSSR count). The van der Waals surface area contributed by atoms with Crippen molar-refractivity contribution < 1.29 is 14.3 Å². The van der Waals surface area contributed by atoms with Crippen molar-refractivity contribution in [2.45, 2.75) is 12.2 Å². The highest BCUT2D eigenvalue weighted by atomic mass is 35.5. The molecule has 114 valence electrons. The number of thioether (sulfide) groups is 1. The van der Waals surface area contributed by atoms with Crippen molar-refractivity contribution in [3.8, 4) is 0 Å². The SMILES string of the molecule is COC(=O)C1CCN(C(=O)CSCc2ccc(Cl)cc2)C1. The number of likely N-dealkylation sites (tertiary alicyclic amines) is 1. The average molecular weight is 328 g/mol.